The van der Waals surface area contributed by atoms with Gasteiger partial charge in [0, 0.05) is 22.5 Å². The van der Waals surface area contributed by atoms with Crippen LogP contribution in [-0.2, 0) is 6.42 Å². The molecule has 2 heteroatoms. The fourth-order valence-corrected chi connectivity index (χ4v) is 4.02. The average Bonchev–Trinajstić information content (AvgIpc) is 2.94. The number of benzene rings is 4. The first-order valence-corrected chi connectivity index (χ1v) is 11.1. The number of nitrogens with one attached hydrogen (secondary N) is 1. The highest BCUT2D eigenvalue weighted by atomic mass is 16.5. The molecule has 4 aromatic carbocycles. The monoisotopic (exact) mass is 427 g/mol. The van der Waals surface area contributed by atoms with Crippen molar-refractivity contribution in [3.63, 3.8) is 0 Å². The molecule has 0 radical (unpaired) electrons. The van der Waals surface area contributed by atoms with Crippen LogP contribution in [-0.4, -0.2) is 0 Å². The van der Waals surface area contributed by atoms with E-state index >= 15 is 0 Å². The summed E-state index contributed by atoms with van der Waals surface area (Å²) in [7, 11) is 0. The summed E-state index contributed by atoms with van der Waals surface area (Å²) in [5, 5.41) is 3.57. The number of fused-ring (bicyclic) bond motifs is 1. The summed E-state index contributed by atoms with van der Waals surface area (Å²) in [6, 6.07) is 35.3. The Kier molecular flexibility index (Phi) is 5.90. The van der Waals surface area contributed by atoms with Gasteiger partial charge >= 0.3 is 0 Å². The van der Waals surface area contributed by atoms with E-state index in [2.05, 4.69) is 109 Å². The molecular weight excluding hydrogens is 402 g/mol. The lowest BCUT2D eigenvalue weighted by Gasteiger charge is -2.15. The zero-order valence-electron chi connectivity index (χ0n) is 18.4. The van der Waals surface area contributed by atoms with E-state index < -0.39 is 0 Å². The summed E-state index contributed by atoms with van der Waals surface area (Å²) < 4.78 is 6.16. The van der Waals surface area contributed by atoms with Crippen molar-refractivity contribution in [2.75, 3.05) is 5.32 Å². The van der Waals surface area contributed by atoms with Gasteiger partial charge in [0.25, 0.3) is 0 Å². The summed E-state index contributed by atoms with van der Waals surface area (Å²) >= 11 is 0. The van der Waals surface area contributed by atoms with Crippen LogP contribution in [0.1, 0.15) is 11.1 Å². The largest absolute Gasteiger partial charge is 0.457 e. The second-order valence-electron chi connectivity index (χ2n) is 7.96. The Labute approximate surface area is 195 Å². The van der Waals surface area contributed by atoms with E-state index in [1.807, 2.05) is 24.3 Å². The molecule has 1 aliphatic heterocycles. The first kappa shape index (κ1) is 20.6. The minimum absolute atomic E-state index is 0.643. The van der Waals surface area contributed by atoms with Crippen molar-refractivity contribution in [2.45, 2.75) is 6.42 Å². The second kappa shape index (κ2) is 9.46. The zero-order chi connectivity index (χ0) is 22.5. The van der Waals surface area contributed by atoms with Crippen molar-refractivity contribution in [2.24, 2.45) is 0 Å². The van der Waals surface area contributed by atoms with Crippen LogP contribution in [0, 0.1) is 0 Å². The highest BCUT2D eigenvalue weighted by Crippen LogP contribution is 2.32. The predicted molar refractivity (Wildman–Crippen MR) is 139 cm³/mol. The molecule has 0 amide bonds. The second-order valence-corrected chi connectivity index (χ2v) is 7.96. The van der Waals surface area contributed by atoms with E-state index in [1.165, 1.54) is 11.1 Å². The van der Waals surface area contributed by atoms with E-state index in [9.17, 15) is 0 Å². The minimum Gasteiger partial charge on any atom is -0.457 e. The molecule has 5 rings (SSSR count). The van der Waals surface area contributed by atoms with E-state index in [0.29, 0.717) is 5.76 Å². The molecule has 0 fully saturated rings. The van der Waals surface area contributed by atoms with Gasteiger partial charge < -0.3 is 10.1 Å². The SMILES string of the molecule is C=C1Oc2ccccc2C/C=C\C=C1c1ccc(Nc2ccccc2-c2ccccc2)cc1. The molecule has 160 valence electrons. The lowest BCUT2D eigenvalue weighted by molar-refractivity contribution is 0.447. The number of hydrogen-bond donors (Lipinski definition) is 1. The average molecular weight is 428 g/mol. The maximum Gasteiger partial charge on any atom is 0.130 e. The minimum atomic E-state index is 0.643. The fourth-order valence-electron chi connectivity index (χ4n) is 4.02. The third-order valence-electron chi connectivity index (χ3n) is 5.73. The number of para-hydroxylation sites is 2. The van der Waals surface area contributed by atoms with Crippen molar-refractivity contribution in [3.8, 4) is 16.9 Å². The molecule has 2 nitrogen and oxygen atoms in total. The quantitative estimate of drug-likeness (QED) is 0.354. The Morgan fingerprint density at radius 3 is 2.27 bits per heavy atom. The van der Waals surface area contributed by atoms with Gasteiger partial charge in [0.2, 0.25) is 0 Å². The van der Waals surface area contributed by atoms with Gasteiger partial charge in [0.1, 0.15) is 11.5 Å². The van der Waals surface area contributed by atoms with Crippen LogP contribution >= 0.6 is 0 Å². The summed E-state index contributed by atoms with van der Waals surface area (Å²) in [4.78, 5) is 0. The normalized spacial score (nSPS) is 14.1. The zero-order valence-corrected chi connectivity index (χ0v) is 18.4. The topological polar surface area (TPSA) is 21.3 Å². The van der Waals surface area contributed by atoms with Crippen molar-refractivity contribution in [1.82, 2.24) is 0 Å². The lowest BCUT2D eigenvalue weighted by atomic mass is 10.0. The standard InChI is InChI=1S/C31H25NO/c1-23-28(15-7-5-13-26-14-6-10-18-31(26)33-23)25-19-21-27(22-20-25)32-30-17-9-8-16-29(30)24-11-3-2-4-12-24/h2-12,14-22,32H,1,13H2/b7-5-,28-15?. The van der Waals surface area contributed by atoms with Crippen LogP contribution < -0.4 is 10.1 Å². The Balaban J connectivity index is 1.39. The number of hydrogen-bond acceptors (Lipinski definition) is 2. The maximum absolute atomic E-state index is 6.16. The molecule has 0 saturated carbocycles. The fraction of sp³-hybridized carbons (Fsp3) is 0.0323. The molecule has 1 N–H and O–H groups in total. The molecule has 1 aliphatic rings. The van der Waals surface area contributed by atoms with Gasteiger partial charge in [-0.1, -0.05) is 104 Å². The number of anilines is 2. The highest BCUT2D eigenvalue weighted by molar-refractivity contribution is 5.82. The van der Waals surface area contributed by atoms with Crippen LogP contribution in [0.3, 0.4) is 0 Å². The molecule has 4 aromatic rings. The molecular formula is C31H25NO. The molecule has 0 aromatic heterocycles. The molecule has 0 atom stereocenters. The first-order valence-electron chi connectivity index (χ1n) is 11.1. The van der Waals surface area contributed by atoms with Crippen molar-refractivity contribution in [1.29, 1.82) is 0 Å². The van der Waals surface area contributed by atoms with E-state index in [-0.39, 0.29) is 0 Å². The van der Waals surface area contributed by atoms with Crippen LogP contribution in [0.25, 0.3) is 16.7 Å². The summed E-state index contributed by atoms with van der Waals surface area (Å²) in [5.41, 5.74) is 7.65. The molecule has 0 bridgehead atoms. The number of ether oxygens (including phenoxy) is 1. The van der Waals surface area contributed by atoms with Crippen molar-refractivity contribution < 1.29 is 4.74 Å². The molecule has 33 heavy (non-hydrogen) atoms. The van der Waals surface area contributed by atoms with Crippen molar-refractivity contribution >= 4 is 16.9 Å². The van der Waals surface area contributed by atoms with Gasteiger partial charge in [0.05, 0.1) is 0 Å². The van der Waals surface area contributed by atoms with Gasteiger partial charge in [0.15, 0.2) is 0 Å². The van der Waals surface area contributed by atoms with E-state index in [1.54, 1.807) is 0 Å². The van der Waals surface area contributed by atoms with Crippen LogP contribution in [0.5, 0.6) is 5.75 Å². The Hall–Kier alpha value is -4.30. The van der Waals surface area contributed by atoms with Crippen LogP contribution in [0.15, 0.2) is 134 Å². The maximum atomic E-state index is 6.16. The predicted octanol–water partition coefficient (Wildman–Crippen LogP) is 8.19. The van der Waals surface area contributed by atoms with Gasteiger partial charge in [-0.2, -0.15) is 0 Å². The molecule has 0 unspecified atom stereocenters. The molecule has 0 spiro atoms. The Morgan fingerprint density at radius 2 is 1.42 bits per heavy atom. The summed E-state index contributed by atoms with van der Waals surface area (Å²) in [5.74, 6) is 1.50. The lowest BCUT2D eigenvalue weighted by Crippen LogP contribution is -2.00. The number of allylic oxidation sites excluding steroid dienone is 4. The van der Waals surface area contributed by atoms with Gasteiger partial charge in [-0.15, -0.1) is 0 Å². The van der Waals surface area contributed by atoms with E-state index in [4.69, 9.17) is 4.74 Å². The molecule has 0 aliphatic carbocycles. The summed E-state index contributed by atoms with van der Waals surface area (Å²) in [6.07, 6.45) is 7.13. The Morgan fingerprint density at radius 1 is 0.697 bits per heavy atom. The van der Waals surface area contributed by atoms with Gasteiger partial charge in [-0.05, 0) is 47.4 Å². The third-order valence-corrected chi connectivity index (χ3v) is 5.73. The highest BCUT2D eigenvalue weighted by Gasteiger charge is 2.12. The third kappa shape index (κ3) is 4.65. The first-order chi connectivity index (χ1) is 16.3. The van der Waals surface area contributed by atoms with Crippen molar-refractivity contribution in [3.05, 3.63) is 145 Å². The van der Waals surface area contributed by atoms with Gasteiger partial charge in [-0.3, -0.25) is 0 Å². The van der Waals surface area contributed by atoms with Crippen LogP contribution in [0.4, 0.5) is 11.4 Å². The van der Waals surface area contributed by atoms with Gasteiger partial charge in [-0.25, -0.2) is 0 Å². The molecule has 0 saturated heterocycles. The molecule has 1 heterocycles. The number of rotatable bonds is 4. The van der Waals surface area contributed by atoms with Crippen LogP contribution in [0.2, 0.25) is 0 Å². The summed E-state index contributed by atoms with van der Waals surface area (Å²) in [6.45, 7) is 4.21. The van der Waals surface area contributed by atoms with E-state index in [0.717, 1.165) is 40.2 Å². The Bertz CT molecular complexity index is 1330. The smallest absolute Gasteiger partial charge is 0.130 e.